The number of carbonyl (C=O) groups is 1. The number of allylic oxidation sites excluding steroid dienone is 3. The number of esters is 1. The van der Waals surface area contributed by atoms with Gasteiger partial charge in [-0.25, -0.2) is 4.79 Å². The highest BCUT2D eigenvalue weighted by Crippen LogP contribution is 2.57. The first-order valence-corrected chi connectivity index (χ1v) is 13.4. The number of rotatable bonds is 6. The highest BCUT2D eigenvalue weighted by molar-refractivity contribution is 5.88. The third-order valence-corrected chi connectivity index (χ3v) is 8.73. The van der Waals surface area contributed by atoms with Crippen molar-refractivity contribution in [1.82, 2.24) is 5.32 Å². The van der Waals surface area contributed by atoms with E-state index in [1.165, 1.54) is 0 Å². The van der Waals surface area contributed by atoms with Gasteiger partial charge < -0.3 is 35.2 Å². The number of phenolic OH excluding ortho intramolecular Hbond substituents is 1. The minimum Gasteiger partial charge on any atom is -0.507 e. The van der Waals surface area contributed by atoms with E-state index in [1.807, 2.05) is 25.3 Å². The van der Waals surface area contributed by atoms with Crippen molar-refractivity contribution in [3.63, 3.8) is 0 Å². The van der Waals surface area contributed by atoms with Crippen LogP contribution in [0.1, 0.15) is 64.2 Å². The van der Waals surface area contributed by atoms with E-state index in [1.54, 1.807) is 26.0 Å². The van der Waals surface area contributed by atoms with Crippen LogP contribution in [-0.4, -0.2) is 34.1 Å². The molecular formula is C30H36N2O7. The van der Waals surface area contributed by atoms with E-state index < -0.39 is 35.1 Å². The minimum absolute atomic E-state index is 0.00311. The fourth-order valence-corrected chi connectivity index (χ4v) is 6.29. The fraction of sp³-hybridized carbons (Fsp3) is 0.467. The van der Waals surface area contributed by atoms with Gasteiger partial charge in [0, 0.05) is 41.3 Å². The van der Waals surface area contributed by atoms with Gasteiger partial charge in [-0.2, -0.15) is 0 Å². The summed E-state index contributed by atoms with van der Waals surface area (Å²) in [6, 6.07) is 2.76. The number of hydrogen-bond donors (Lipinski definition) is 4. The molecule has 5 rings (SSSR count). The van der Waals surface area contributed by atoms with Gasteiger partial charge in [-0.15, -0.1) is 0 Å². The Morgan fingerprint density at radius 3 is 2.69 bits per heavy atom. The van der Waals surface area contributed by atoms with Gasteiger partial charge >= 0.3 is 5.97 Å². The topological polar surface area (TPSA) is 144 Å². The number of ether oxygens (including phenoxy) is 2. The normalized spacial score (nSPS) is 26.0. The number of aliphatic hydroxyl groups excluding tert-OH is 1. The van der Waals surface area contributed by atoms with E-state index in [-0.39, 0.29) is 35.1 Å². The molecule has 1 aromatic heterocycles. The molecule has 3 aliphatic rings. The summed E-state index contributed by atoms with van der Waals surface area (Å²) >= 11 is 0. The molecule has 0 bridgehead atoms. The van der Waals surface area contributed by atoms with E-state index in [0.717, 1.165) is 37.3 Å². The molecule has 0 radical (unpaired) electrons. The Hall–Kier alpha value is -3.56. The van der Waals surface area contributed by atoms with Gasteiger partial charge in [0.15, 0.2) is 5.43 Å². The van der Waals surface area contributed by atoms with Crippen molar-refractivity contribution in [2.24, 2.45) is 11.1 Å². The summed E-state index contributed by atoms with van der Waals surface area (Å²) in [4.78, 5) is 25.9. The third-order valence-electron chi connectivity index (χ3n) is 8.73. The van der Waals surface area contributed by atoms with Crippen molar-refractivity contribution >= 4 is 16.9 Å². The number of dihydropyridines is 1. The zero-order chi connectivity index (χ0) is 27.9. The maximum absolute atomic E-state index is 13.1. The number of hydrogen-bond acceptors (Lipinski definition) is 9. The molecule has 1 fully saturated rings. The van der Waals surface area contributed by atoms with Crippen LogP contribution < -0.4 is 21.2 Å². The van der Waals surface area contributed by atoms with Crippen molar-refractivity contribution in [2.75, 3.05) is 0 Å². The van der Waals surface area contributed by atoms with Crippen LogP contribution in [0.3, 0.4) is 0 Å². The molecule has 39 heavy (non-hydrogen) atoms. The monoisotopic (exact) mass is 536 g/mol. The van der Waals surface area contributed by atoms with Gasteiger partial charge in [-0.05, 0) is 51.7 Å². The first-order chi connectivity index (χ1) is 18.6. The zero-order valence-corrected chi connectivity index (χ0v) is 22.6. The molecule has 0 spiro atoms. The average molecular weight is 537 g/mol. The zero-order valence-electron chi connectivity index (χ0n) is 22.6. The second kappa shape index (κ2) is 10.2. The molecule has 1 aliphatic carbocycles. The SMILES string of the molecule is C/C=C(/C)C(=O)O[C@@H]1Cc2c(cc3oc(CO)cc(=O)c3c2O)O[C@@]1(C)C1(CC2=CNC(N)C=C2)CCCC1. The number of benzene rings is 1. The number of aliphatic hydroxyl groups is 1. The van der Waals surface area contributed by atoms with E-state index in [4.69, 9.17) is 19.6 Å². The van der Waals surface area contributed by atoms with E-state index in [0.29, 0.717) is 23.3 Å². The highest BCUT2D eigenvalue weighted by atomic mass is 16.6. The number of phenols is 1. The minimum atomic E-state index is -0.969. The van der Waals surface area contributed by atoms with Crippen molar-refractivity contribution in [3.05, 3.63) is 69.3 Å². The van der Waals surface area contributed by atoms with Gasteiger partial charge in [0.2, 0.25) is 0 Å². The molecule has 208 valence electrons. The Bertz CT molecular complexity index is 1450. The predicted molar refractivity (Wildman–Crippen MR) is 146 cm³/mol. The fourth-order valence-electron chi connectivity index (χ4n) is 6.29. The Morgan fingerprint density at radius 1 is 1.31 bits per heavy atom. The number of aromatic hydroxyl groups is 1. The number of nitrogens with one attached hydrogen (secondary N) is 1. The lowest BCUT2D eigenvalue weighted by atomic mass is 9.63. The van der Waals surface area contributed by atoms with Crippen LogP contribution in [0.5, 0.6) is 11.5 Å². The first kappa shape index (κ1) is 27.0. The van der Waals surface area contributed by atoms with Gasteiger partial charge in [-0.3, -0.25) is 4.79 Å². The second-order valence-electron chi connectivity index (χ2n) is 11.0. The summed E-state index contributed by atoms with van der Waals surface area (Å²) in [5, 5.41) is 23.9. The molecule has 2 aliphatic heterocycles. The van der Waals surface area contributed by atoms with E-state index in [9.17, 15) is 19.8 Å². The van der Waals surface area contributed by atoms with Crippen LogP contribution in [0, 0.1) is 5.41 Å². The van der Waals surface area contributed by atoms with Crippen LogP contribution in [0.2, 0.25) is 0 Å². The van der Waals surface area contributed by atoms with Crippen molar-refractivity contribution in [2.45, 2.75) is 83.8 Å². The number of nitrogens with two attached hydrogens (primary N) is 1. The van der Waals surface area contributed by atoms with Crippen LogP contribution in [0.25, 0.3) is 11.0 Å². The lowest BCUT2D eigenvalue weighted by molar-refractivity contribution is -0.177. The lowest BCUT2D eigenvalue weighted by Gasteiger charge is -2.52. The average Bonchev–Trinajstić information content (AvgIpc) is 3.40. The summed E-state index contributed by atoms with van der Waals surface area (Å²) in [7, 11) is 0. The number of fused-ring (bicyclic) bond motifs is 2. The van der Waals surface area contributed by atoms with E-state index >= 15 is 0 Å². The van der Waals surface area contributed by atoms with Crippen molar-refractivity contribution < 1.29 is 28.9 Å². The predicted octanol–water partition coefficient (Wildman–Crippen LogP) is 3.84. The molecule has 9 heteroatoms. The Labute approximate surface area is 227 Å². The van der Waals surface area contributed by atoms with Gasteiger partial charge in [0.1, 0.15) is 46.5 Å². The molecule has 0 amide bonds. The summed E-state index contributed by atoms with van der Waals surface area (Å²) in [5.41, 5.74) is 6.20. The van der Waals surface area contributed by atoms with E-state index in [2.05, 4.69) is 5.32 Å². The molecule has 9 nitrogen and oxygen atoms in total. The Morgan fingerprint density at radius 2 is 2.05 bits per heavy atom. The second-order valence-corrected chi connectivity index (χ2v) is 11.0. The summed E-state index contributed by atoms with van der Waals surface area (Å²) in [5.74, 6) is -0.252. The van der Waals surface area contributed by atoms with Crippen LogP contribution in [0.4, 0.5) is 0 Å². The van der Waals surface area contributed by atoms with Crippen molar-refractivity contribution in [1.29, 1.82) is 0 Å². The molecule has 5 N–H and O–H groups in total. The van der Waals surface area contributed by atoms with Gasteiger partial charge in [0.05, 0.1) is 6.17 Å². The summed E-state index contributed by atoms with van der Waals surface area (Å²) in [6.07, 6.45) is 11.1. The summed E-state index contributed by atoms with van der Waals surface area (Å²) < 4.78 is 18.7. The van der Waals surface area contributed by atoms with Gasteiger partial charge in [-0.1, -0.05) is 25.0 Å². The van der Waals surface area contributed by atoms with Crippen LogP contribution >= 0.6 is 0 Å². The smallest absolute Gasteiger partial charge is 0.333 e. The molecule has 1 unspecified atom stereocenters. The maximum Gasteiger partial charge on any atom is 0.333 e. The molecule has 1 aromatic carbocycles. The summed E-state index contributed by atoms with van der Waals surface area (Å²) in [6.45, 7) is 5.01. The Kier molecular flexibility index (Phi) is 7.07. The molecule has 1 saturated carbocycles. The molecule has 3 atom stereocenters. The molecule has 0 saturated heterocycles. The highest BCUT2D eigenvalue weighted by Gasteiger charge is 2.59. The maximum atomic E-state index is 13.1. The molecule has 2 aromatic rings. The molecular weight excluding hydrogens is 500 g/mol. The van der Waals surface area contributed by atoms with Crippen LogP contribution in [0.15, 0.2) is 56.9 Å². The van der Waals surface area contributed by atoms with Crippen LogP contribution in [-0.2, 0) is 22.6 Å². The van der Waals surface area contributed by atoms with Crippen molar-refractivity contribution in [3.8, 4) is 11.5 Å². The van der Waals surface area contributed by atoms with Gasteiger partial charge in [0.25, 0.3) is 0 Å². The standard InChI is InChI=1S/C30H36N2O7/c1-4-17(2)28(36)38-24-12-20-22(13-23-26(27(20)35)21(34)11-19(16-33)37-23)39-29(24,3)30(9-5-6-10-30)14-18-7-8-25(31)32-15-18/h4,7-8,11,13,15,24-25,32-33,35H,5-6,9-10,12,14,16,31H2,1-3H3/b17-4-/t24-,25?,29-/m1/s1. The molecule has 3 heterocycles. The first-order valence-electron chi connectivity index (χ1n) is 13.4. The largest absolute Gasteiger partial charge is 0.507 e. The lowest BCUT2D eigenvalue weighted by Crippen LogP contribution is -2.61. The third kappa shape index (κ3) is 4.63. The Balaban J connectivity index is 1.65. The number of carbonyl (C=O) groups excluding carboxylic acids is 1. The quantitative estimate of drug-likeness (QED) is 0.320.